The van der Waals surface area contributed by atoms with Crippen LogP contribution in [0.1, 0.15) is 24.2 Å². The van der Waals surface area contributed by atoms with Crippen LogP contribution in [0.15, 0.2) is 0 Å². The van der Waals surface area contributed by atoms with Gasteiger partial charge in [-0.1, -0.05) is 0 Å². The van der Waals surface area contributed by atoms with Crippen molar-refractivity contribution in [1.29, 1.82) is 0 Å². The molecule has 1 aliphatic heterocycles. The van der Waals surface area contributed by atoms with Crippen molar-refractivity contribution < 1.29 is 10.2 Å². The number of nitrogens with two attached hydrogens (primary N) is 1. The summed E-state index contributed by atoms with van der Waals surface area (Å²) in [5, 5.41) is 23.8. The van der Waals surface area contributed by atoms with Gasteiger partial charge in [0.2, 0.25) is 0 Å². The second kappa shape index (κ2) is 6.56. The highest BCUT2D eigenvalue weighted by molar-refractivity contribution is 5.46. The molecule has 1 aliphatic rings. The molecule has 1 fully saturated rings. The van der Waals surface area contributed by atoms with Gasteiger partial charge in [-0.15, -0.1) is 0 Å². The van der Waals surface area contributed by atoms with Crippen molar-refractivity contribution in [1.82, 2.24) is 14.7 Å². The zero-order valence-electron chi connectivity index (χ0n) is 12.4. The van der Waals surface area contributed by atoms with Crippen LogP contribution < -0.4 is 5.73 Å². The summed E-state index contributed by atoms with van der Waals surface area (Å²) in [6, 6.07) is 0. The van der Waals surface area contributed by atoms with E-state index in [0.29, 0.717) is 24.7 Å². The molecule has 2 rings (SSSR count). The van der Waals surface area contributed by atoms with Crippen LogP contribution in [0, 0.1) is 19.8 Å². The van der Waals surface area contributed by atoms with Gasteiger partial charge in [0.25, 0.3) is 0 Å². The van der Waals surface area contributed by atoms with Crippen LogP contribution in [-0.2, 0) is 6.54 Å². The van der Waals surface area contributed by atoms with E-state index in [2.05, 4.69) is 10.00 Å². The maximum Gasteiger partial charge on any atom is 0.0862 e. The third-order valence-electron chi connectivity index (χ3n) is 4.15. The van der Waals surface area contributed by atoms with E-state index in [1.807, 2.05) is 13.8 Å². The van der Waals surface area contributed by atoms with Gasteiger partial charge in [0, 0.05) is 19.7 Å². The van der Waals surface area contributed by atoms with Crippen LogP contribution >= 0.6 is 0 Å². The van der Waals surface area contributed by atoms with E-state index in [9.17, 15) is 10.2 Å². The van der Waals surface area contributed by atoms with Crippen molar-refractivity contribution in [3.05, 3.63) is 11.4 Å². The van der Waals surface area contributed by atoms with Gasteiger partial charge in [-0.3, -0.25) is 4.68 Å². The molecule has 0 spiro atoms. The molecule has 114 valence electrons. The number of piperidine rings is 1. The van der Waals surface area contributed by atoms with E-state index >= 15 is 0 Å². The summed E-state index contributed by atoms with van der Waals surface area (Å²) in [5.74, 6) is 0.347. The van der Waals surface area contributed by atoms with Crippen LogP contribution in [0.25, 0.3) is 0 Å². The average Bonchev–Trinajstić information content (AvgIpc) is 2.66. The molecule has 2 atom stereocenters. The van der Waals surface area contributed by atoms with Crippen LogP contribution in [0.4, 0.5) is 5.69 Å². The molecule has 2 unspecified atom stereocenters. The minimum atomic E-state index is -0.468. The molecule has 0 aliphatic carbocycles. The fraction of sp³-hybridized carbons (Fsp3) is 0.786. The fourth-order valence-corrected chi connectivity index (χ4v) is 2.91. The Hall–Kier alpha value is -1.11. The zero-order valence-corrected chi connectivity index (χ0v) is 12.4. The summed E-state index contributed by atoms with van der Waals surface area (Å²) in [5.41, 5.74) is 8.32. The van der Waals surface area contributed by atoms with Crippen molar-refractivity contribution in [2.75, 3.05) is 32.0 Å². The number of nitrogen functional groups attached to an aromatic ring is 1. The summed E-state index contributed by atoms with van der Waals surface area (Å²) in [4.78, 5) is 2.23. The van der Waals surface area contributed by atoms with Gasteiger partial charge in [-0.05, 0) is 39.2 Å². The first-order valence-electron chi connectivity index (χ1n) is 7.32. The van der Waals surface area contributed by atoms with Crippen LogP contribution in [0.5, 0.6) is 0 Å². The molecule has 2 heterocycles. The Morgan fingerprint density at radius 3 is 2.75 bits per heavy atom. The molecule has 6 nitrogen and oxygen atoms in total. The number of rotatable bonds is 5. The van der Waals surface area contributed by atoms with Gasteiger partial charge in [-0.2, -0.15) is 5.10 Å². The second-order valence-corrected chi connectivity index (χ2v) is 5.87. The Balaban J connectivity index is 1.88. The van der Waals surface area contributed by atoms with E-state index in [0.717, 1.165) is 37.3 Å². The minimum absolute atomic E-state index is 0.237. The lowest BCUT2D eigenvalue weighted by atomic mass is 9.99. The van der Waals surface area contributed by atoms with Gasteiger partial charge in [0.1, 0.15) is 0 Å². The van der Waals surface area contributed by atoms with E-state index in [1.165, 1.54) is 0 Å². The third-order valence-corrected chi connectivity index (χ3v) is 4.15. The molecular weight excluding hydrogens is 256 g/mol. The first kappa shape index (κ1) is 15.3. The summed E-state index contributed by atoms with van der Waals surface area (Å²) < 4.78 is 1.78. The van der Waals surface area contributed by atoms with Gasteiger partial charge >= 0.3 is 0 Å². The predicted octanol–water partition coefficient (Wildman–Crippen LogP) is 0.147. The van der Waals surface area contributed by atoms with Crippen LogP contribution in [0.2, 0.25) is 0 Å². The molecule has 0 saturated carbocycles. The molecule has 1 aromatic heterocycles. The first-order chi connectivity index (χ1) is 9.51. The SMILES string of the molecule is Cc1nn(CC(O)CN2CCCC(CO)C2)c(C)c1N. The van der Waals surface area contributed by atoms with Crippen LogP contribution in [-0.4, -0.2) is 57.2 Å². The third kappa shape index (κ3) is 3.50. The number of likely N-dealkylation sites (tertiary alicyclic amines) is 1. The van der Waals surface area contributed by atoms with E-state index < -0.39 is 6.10 Å². The van der Waals surface area contributed by atoms with Crippen LogP contribution in [0.3, 0.4) is 0 Å². The number of hydrogen-bond donors (Lipinski definition) is 3. The number of nitrogens with zero attached hydrogens (tertiary/aromatic N) is 3. The molecule has 0 amide bonds. The molecule has 0 aromatic carbocycles. The van der Waals surface area contributed by atoms with E-state index in [-0.39, 0.29) is 6.61 Å². The maximum absolute atomic E-state index is 10.2. The highest BCUT2D eigenvalue weighted by atomic mass is 16.3. The van der Waals surface area contributed by atoms with E-state index in [4.69, 9.17) is 5.73 Å². The van der Waals surface area contributed by atoms with Gasteiger partial charge in [0.15, 0.2) is 0 Å². The molecule has 1 aromatic rings. The Morgan fingerprint density at radius 2 is 2.15 bits per heavy atom. The van der Waals surface area contributed by atoms with Crippen molar-refractivity contribution in [3.8, 4) is 0 Å². The predicted molar refractivity (Wildman–Crippen MR) is 78.4 cm³/mol. The fourth-order valence-electron chi connectivity index (χ4n) is 2.91. The maximum atomic E-state index is 10.2. The molecule has 20 heavy (non-hydrogen) atoms. The summed E-state index contributed by atoms with van der Waals surface area (Å²) in [6.07, 6.45) is 1.70. The number of aromatic nitrogens is 2. The number of hydrogen-bond acceptors (Lipinski definition) is 5. The number of β-amino-alcohol motifs (C(OH)–C–C–N with tert-alkyl or cyclic N) is 1. The average molecular weight is 282 g/mol. The zero-order chi connectivity index (χ0) is 14.7. The van der Waals surface area contributed by atoms with E-state index in [1.54, 1.807) is 4.68 Å². The van der Waals surface area contributed by atoms with Crippen molar-refractivity contribution in [2.24, 2.45) is 5.92 Å². The molecular formula is C14H26N4O2. The summed E-state index contributed by atoms with van der Waals surface area (Å²) in [6.45, 7) is 6.98. The normalized spacial score (nSPS) is 22.1. The Morgan fingerprint density at radius 1 is 1.40 bits per heavy atom. The smallest absolute Gasteiger partial charge is 0.0862 e. The van der Waals surface area contributed by atoms with Crippen molar-refractivity contribution in [2.45, 2.75) is 39.3 Å². The summed E-state index contributed by atoms with van der Waals surface area (Å²) in [7, 11) is 0. The lowest BCUT2D eigenvalue weighted by Gasteiger charge is -2.33. The number of aliphatic hydroxyl groups is 2. The standard InChI is InChI=1S/C14H26N4O2/c1-10-14(15)11(2)18(16-10)8-13(20)7-17-5-3-4-12(6-17)9-19/h12-13,19-20H,3-9,15H2,1-2H3. The largest absolute Gasteiger partial charge is 0.396 e. The van der Waals surface area contributed by atoms with Gasteiger partial charge in [-0.25, -0.2) is 0 Å². The van der Waals surface area contributed by atoms with Crippen molar-refractivity contribution >= 4 is 5.69 Å². The molecule has 6 heteroatoms. The topological polar surface area (TPSA) is 87.5 Å². The lowest BCUT2D eigenvalue weighted by molar-refractivity contribution is 0.0582. The number of aliphatic hydroxyl groups excluding tert-OH is 2. The minimum Gasteiger partial charge on any atom is -0.396 e. The highest BCUT2D eigenvalue weighted by Gasteiger charge is 2.22. The molecule has 4 N–H and O–H groups in total. The highest BCUT2D eigenvalue weighted by Crippen LogP contribution is 2.17. The monoisotopic (exact) mass is 282 g/mol. The van der Waals surface area contributed by atoms with Gasteiger partial charge < -0.3 is 20.8 Å². The molecule has 0 radical (unpaired) electrons. The quantitative estimate of drug-likeness (QED) is 0.715. The second-order valence-electron chi connectivity index (χ2n) is 5.87. The Kier molecular flexibility index (Phi) is 5.01. The number of aryl methyl sites for hydroxylation is 1. The molecule has 1 saturated heterocycles. The lowest BCUT2D eigenvalue weighted by Crippen LogP contribution is -2.42. The summed E-state index contributed by atoms with van der Waals surface area (Å²) >= 11 is 0. The molecule has 0 bridgehead atoms. The van der Waals surface area contributed by atoms with Gasteiger partial charge in [0.05, 0.1) is 29.7 Å². The van der Waals surface area contributed by atoms with Crippen molar-refractivity contribution in [3.63, 3.8) is 0 Å². The first-order valence-corrected chi connectivity index (χ1v) is 7.32. The Labute approximate surface area is 120 Å². The Bertz CT molecular complexity index is 447. The number of anilines is 1.